The Morgan fingerprint density at radius 3 is 2.54 bits per heavy atom. The van der Waals surface area contributed by atoms with Gasteiger partial charge in [0.1, 0.15) is 6.54 Å². The van der Waals surface area contributed by atoms with Crippen LogP contribution in [0.15, 0.2) is 42.5 Å². The Labute approximate surface area is 205 Å². The maximum absolute atomic E-state index is 12.8. The third-order valence-electron chi connectivity index (χ3n) is 6.22. The molecule has 1 atom stereocenters. The number of rotatable bonds is 11. The number of esters is 1. The summed E-state index contributed by atoms with van der Waals surface area (Å²) in [4.78, 5) is 52.3. The summed E-state index contributed by atoms with van der Waals surface area (Å²) in [6.45, 7) is 3.25. The van der Waals surface area contributed by atoms with E-state index in [9.17, 15) is 19.2 Å². The molecule has 9 nitrogen and oxygen atoms in total. The van der Waals surface area contributed by atoms with Crippen molar-refractivity contribution in [3.05, 3.63) is 48.0 Å². The van der Waals surface area contributed by atoms with Gasteiger partial charge >= 0.3 is 5.97 Å². The average molecular weight is 483 g/mol. The number of methoxy groups -OCH3 is 1. The summed E-state index contributed by atoms with van der Waals surface area (Å²) < 4.78 is 4.60. The number of carbonyl (C=O) groups is 4. The minimum absolute atomic E-state index is 0.0217. The summed E-state index contributed by atoms with van der Waals surface area (Å²) in [6, 6.07) is 14.1. The van der Waals surface area contributed by atoms with E-state index in [1.807, 2.05) is 41.3 Å². The van der Waals surface area contributed by atoms with E-state index in [1.54, 1.807) is 11.8 Å². The number of ether oxygens (including phenoxy) is 1. The van der Waals surface area contributed by atoms with Gasteiger partial charge in [-0.1, -0.05) is 49.4 Å². The van der Waals surface area contributed by atoms with Crippen molar-refractivity contribution in [2.24, 2.45) is 0 Å². The van der Waals surface area contributed by atoms with Gasteiger partial charge in [0.25, 0.3) is 0 Å². The van der Waals surface area contributed by atoms with Gasteiger partial charge in [-0.2, -0.15) is 0 Å². The zero-order chi connectivity index (χ0) is 25.2. The monoisotopic (exact) mass is 482 g/mol. The summed E-state index contributed by atoms with van der Waals surface area (Å²) in [5, 5.41) is 7.48. The first-order valence-corrected chi connectivity index (χ1v) is 12.0. The van der Waals surface area contributed by atoms with Gasteiger partial charge in [0, 0.05) is 32.1 Å². The fraction of sp³-hybridized carbons (Fsp3) is 0.462. The Balaban J connectivity index is 1.74. The number of hydrogen-bond donors (Lipinski definition) is 2. The first kappa shape index (κ1) is 26.2. The zero-order valence-corrected chi connectivity index (χ0v) is 20.4. The number of likely N-dealkylation sites (tertiary alicyclic amines) is 1. The Hall–Kier alpha value is -3.46. The largest absolute Gasteiger partial charge is 0.468 e. The van der Waals surface area contributed by atoms with Gasteiger partial charge in [0.2, 0.25) is 17.7 Å². The van der Waals surface area contributed by atoms with Crippen molar-refractivity contribution in [2.75, 3.05) is 39.8 Å². The lowest BCUT2D eigenvalue weighted by Crippen LogP contribution is -2.48. The van der Waals surface area contributed by atoms with E-state index in [1.165, 1.54) is 7.11 Å². The molecule has 0 spiro atoms. The summed E-state index contributed by atoms with van der Waals surface area (Å²) in [5.41, 5.74) is 1.08. The van der Waals surface area contributed by atoms with Gasteiger partial charge in [-0.15, -0.1) is 0 Å². The van der Waals surface area contributed by atoms with Crippen LogP contribution in [-0.2, 0) is 30.5 Å². The summed E-state index contributed by atoms with van der Waals surface area (Å²) >= 11 is 0. The zero-order valence-electron chi connectivity index (χ0n) is 20.4. The van der Waals surface area contributed by atoms with Gasteiger partial charge in [-0.25, -0.2) is 0 Å². The second kappa shape index (κ2) is 12.9. The number of fused-ring (bicyclic) bond motifs is 1. The molecule has 1 fully saturated rings. The summed E-state index contributed by atoms with van der Waals surface area (Å²) in [6.07, 6.45) is 2.02. The molecule has 1 saturated heterocycles. The van der Waals surface area contributed by atoms with Crippen molar-refractivity contribution in [1.29, 1.82) is 0 Å². The van der Waals surface area contributed by atoms with E-state index in [4.69, 9.17) is 0 Å². The van der Waals surface area contributed by atoms with Crippen molar-refractivity contribution in [3.63, 3.8) is 0 Å². The highest BCUT2D eigenvalue weighted by atomic mass is 16.5. The van der Waals surface area contributed by atoms with Crippen LogP contribution in [0.5, 0.6) is 0 Å². The molecule has 0 radical (unpaired) electrons. The van der Waals surface area contributed by atoms with E-state index in [0.29, 0.717) is 26.1 Å². The van der Waals surface area contributed by atoms with Crippen LogP contribution in [0.2, 0.25) is 0 Å². The molecule has 35 heavy (non-hydrogen) atoms. The van der Waals surface area contributed by atoms with Crippen LogP contribution in [0.4, 0.5) is 0 Å². The molecule has 0 aromatic heterocycles. The van der Waals surface area contributed by atoms with Gasteiger partial charge in [0.15, 0.2) is 0 Å². The number of carbonyl (C=O) groups excluding carboxylic acids is 4. The molecule has 1 aliphatic heterocycles. The Morgan fingerprint density at radius 2 is 1.77 bits per heavy atom. The van der Waals surface area contributed by atoms with Crippen LogP contribution in [0.1, 0.15) is 31.7 Å². The normalized spacial score (nSPS) is 15.3. The van der Waals surface area contributed by atoms with E-state index < -0.39 is 5.97 Å². The molecule has 1 unspecified atom stereocenters. The van der Waals surface area contributed by atoms with E-state index in [0.717, 1.165) is 29.2 Å². The van der Waals surface area contributed by atoms with Crippen molar-refractivity contribution >= 4 is 34.5 Å². The molecule has 0 saturated carbocycles. The molecule has 9 heteroatoms. The third kappa shape index (κ3) is 7.51. The number of nitrogens with zero attached hydrogens (tertiary/aromatic N) is 2. The van der Waals surface area contributed by atoms with Crippen molar-refractivity contribution < 1.29 is 23.9 Å². The van der Waals surface area contributed by atoms with Gasteiger partial charge < -0.3 is 20.3 Å². The second-order valence-electron chi connectivity index (χ2n) is 8.67. The van der Waals surface area contributed by atoms with Gasteiger partial charge in [-0.05, 0) is 29.2 Å². The SMILES string of the molecule is CCC(=O)NCC(=O)N1CCCC1CN(CC(=O)NCC(=O)OC)Cc1cccc2ccccc12. The minimum Gasteiger partial charge on any atom is -0.468 e. The predicted molar refractivity (Wildman–Crippen MR) is 132 cm³/mol. The molecular weight excluding hydrogens is 448 g/mol. The fourth-order valence-corrected chi connectivity index (χ4v) is 4.41. The Kier molecular flexibility index (Phi) is 9.60. The third-order valence-corrected chi connectivity index (χ3v) is 6.22. The van der Waals surface area contributed by atoms with Crippen molar-refractivity contribution in [1.82, 2.24) is 20.4 Å². The van der Waals surface area contributed by atoms with Crippen LogP contribution in [-0.4, -0.2) is 79.4 Å². The molecule has 188 valence electrons. The van der Waals surface area contributed by atoms with Crippen molar-refractivity contribution in [3.8, 4) is 0 Å². The molecule has 0 bridgehead atoms. The van der Waals surface area contributed by atoms with Crippen LogP contribution >= 0.6 is 0 Å². The van der Waals surface area contributed by atoms with Crippen molar-refractivity contribution in [2.45, 2.75) is 38.8 Å². The topological polar surface area (TPSA) is 108 Å². The number of amides is 3. The second-order valence-corrected chi connectivity index (χ2v) is 8.67. The quantitative estimate of drug-likeness (QED) is 0.470. The molecule has 2 N–H and O–H groups in total. The molecule has 3 amide bonds. The first-order chi connectivity index (χ1) is 16.9. The molecule has 1 aliphatic rings. The summed E-state index contributed by atoms with van der Waals surface area (Å²) in [5.74, 6) is -1.08. The highest BCUT2D eigenvalue weighted by molar-refractivity contribution is 5.86. The molecule has 2 aromatic rings. The van der Waals surface area contributed by atoms with E-state index in [2.05, 4.69) is 21.4 Å². The molecular formula is C26H34N4O5. The van der Waals surface area contributed by atoms with Gasteiger partial charge in [0.05, 0.1) is 20.2 Å². The standard InChI is InChI=1S/C26H34N4O5/c1-3-23(31)27-14-25(33)30-13-7-11-21(30)17-29(18-24(32)28-15-26(34)35-2)16-20-10-6-9-19-8-4-5-12-22(19)20/h4-6,8-10,12,21H,3,7,11,13-18H2,1-2H3,(H,27,31)(H,28,32). The molecule has 3 rings (SSSR count). The Morgan fingerprint density at radius 1 is 1.03 bits per heavy atom. The van der Waals surface area contributed by atoms with E-state index in [-0.39, 0.29) is 43.4 Å². The highest BCUT2D eigenvalue weighted by Crippen LogP contribution is 2.23. The summed E-state index contributed by atoms with van der Waals surface area (Å²) in [7, 11) is 1.27. The van der Waals surface area contributed by atoms with Crippen LogP contribution < -0.4 is 10.6 Å². The molecule has 2 aromatic carbocycles. The number of hydrogen-bond acceptors (Lipinski definition) is 6. The number of benzene rings is 2. The molecule has 1 heterocycles. The lowest BCUT2D eigenvalue weighted by Gasteiger charge is -2.31. The average Bonchev–Trinajstić information content (AvgIpc) is 3.33. The Bertz CT molecular complexity index is 1050. The van der Waals surface area contributed by atoms with Crippen LogP contribution in [0.25, 0.3) is 10.8 Å². The lowest BCUT2D eigenvalue weighted by atomic mass is 10.0. The smallest absolute Gasteiger partial charge is 0.325 e. The predicted octanol–water partition coefficient (Wildman–Crippen LogP) is 1.45. The maximum atomic E-state index is 12.8. The van der Waals surface area contributed by atoms with Crippen LogP contribution in [0, 0.1) is 0 Å². The highest BCUT2D eigenvalue weighted by Gasteiger charge is 2.30. The lowest BCUT2D eigenvalue weighted by molar-refractivity contribution is -0.141. The number of nitrogens with one attached hydrogen (secondary N) is 2. The first-order valence-electron chi connectivity index (χ1n) is 12.0. The fourth-order valence-electron chi connectivity index (χ4n) is 4.41. The van der Waals surface area contributed by atoms with Gasteiger partial charge in [-0.3, -0.25) is 24.1 Å². The maximum Gasteiger partial charge on any atom is 0.325 e. The van der Waals surface area contributed by atoms with Crippen LogP contribution in [0.3, 0.4) is 0 Å². The van der Waals surface area contributed by atoms with E-state index >= 15 is 0 Å². The minimum atomic E-state index is -0.513. The molecule has 0 aliphatic carbocycles.